The second-order valence-electron chi connectivity index (χ2n) is 5.93. The predicted molar refractivity (Wildman–Crippen MR) is 117 cm³/mol. The van der Waals surface area contributed by atoms with E-state index < -0.39 is 0 Å². The molecule has 0 radical (unpaired) electrons. The lowest BCUT2D eigenvalue weighted by Gasteiger charge is -2.20. The summed E-state index contributed by atoms with van der Waals surface area (Å²) < 4.78 is 1.11. The average molecular weight is 460 g/mol. The van der Waals surface area contributed by atoms with Crippen LogP contribution in [0, 0.1) is 3.57 Å². The minimum absolute atomic E-state index is 0.198. The molecule has 2 aromatic rings. The quantitative estimate of drug-likeness (QED) is 0.611. The number of carbonyl (C=O) groups excluding carboxylic acids is 1. The molecule has 0 saturated carbocycles. The third kappa shape index (κ3) is 3.80. The molecule has 134 valence electrons. The van der Waals surface area contributed by atoms with Crippen molar-refractivity contribution < 1.29 is 4.79 Å². The molecule has 5 nitrogen and oxygen atoms in total. The lowest BCUT2D eigenvalue weighted by Crippen LogP contribution is -2.27. The number of hydrogen-bond acceptors (Lipinski definition) is 4. The first-order valence-electron chi connectivity index (χ1n) is 8.62. The second-order valence-corrected chi connectivity index (χ2v) is 7.17. The molecule has 0 bridgehead atoms. The first-order valence-corrected chi connectivity index (χ1v) is 9.70. The van der Waals surface area contributed by atoms with Crippen LogP contribution >= 0.6 is 22.6 Å². The Bertz CT molecular complexity index is 852. The zero-order chi connectivity index (χ0) is 18.7. The van der Waals surface area contributed by atoms with Crippen LogP contribution in [0.1, 0.15) is 20.8 Å². The van der Waals surface area contributed by atoms with Crippen molar-refractivity contribution in [2.75, 3.05) is 23.0 Å². The summed E-state index contributed by atoms with van der Waals surface area (Å²) in [7, 11) is 0. The van der Waals surface area contributed by atoms with Gasteiger partial charge in [0, 0.05) is 22.3 Å². The normalized spacial score (nSPS) is 15.5. The second kappa shape index (κ2) is 7.99. The molecule has 6 heteroatoms. The number of amides is 1. The van der Waals surface area contributed by atoms with Gasteiger partial charge < -0.3 is 4.90 Å². The number of benzene rings is 2. The van der Waals surface area contributed by atoms with Crippen LogP contribution in [0.2, 0.25) is 0 Å². The molecule has 26 heavy (non-hydrogen) atoms. The molecular weight excluding hydrogens is 439 g/mol. The number of rotatable bonds is 5. The smallest absolute Gasteiger partial charge is 0.299 e. The number of hydrogen-bond donors (Lipinski definition) is 0. The molecule has 0 atom stereocenters. The zero-order valence-electron chi connectivity index (χ0n) is 15.1. The first kappa shape index (κ1) is 18.6. The Morgan fingerprint density at radius 2 is 1.65 bits per heavy atom. The molecule has 0 aliphatic carbocycles. The van der Waals surface area contributed by atoms with Crippen LogP contribution in [-0.2, 0) is 4.79 Å². The third-order valence-corrected chi connectivity index (χ3v) is 5.00. The fourth-order valence-corrected chi connectivity index (χ4v) is 3.20. The summed E-state index contributed by atoms with van der Waals surface area (Å²) in [6.07, 6.45) is 0. The van der Waals surface area contributed by atoms with E-state index in [9.17, 15) is 4.79 Å². The summed E-state index contributed by atoms with van der Waals surface area (Å²) in [6.45, 7) is 7.99. The number of halogens is 1. The maximum Gasteiger partial charge on any atom is 0.299 e. The van der Waals surface area contributed by atoms with Gasteiger partial charge in [-0.05, 0) is 91.9 Å². The Balaban J connectivity index is 1.84. The SMILES string of the molecule is CCN(CC)c1ccc(N=C2C(=O)N(c3ccc(I)cc3)N=C2C)cc1. The topological polar surface area (TPSA) is 48.3 Å². The number of aliphatic imine (C=N–C) groups is 1. The molecule has 1 heterocycles. The molecule has 1 amide bonds. The van der Waals surface area contributed by atoms with Crippen LogP contribution in [0.5, 0.6) is 0 Å². The van der Waals surface area contributed by atoms with Gasteiger partial charge in [0.1, 0.15) is 0 Å². The molecular formula is C20H21IN4O. The van der Waals surface area contributed by atoms with Crippen LogP contribution in [0.25, 0.3) is 0 Å². The van der Waals surface area contributed by atoms with Crippen molar-refractivity contribution in [3.8, 4) is 0 Å². The molecule has 2 aromatic carbocycles. The molecule has 0 N–H and O–H groups in total. The van der Waals surface area contributed by atoms with Crippen LogP contribution in [0.3, 0.4) is 0 Å². The Labute approximate surface area is 167 Å². The Hall–Kier alpha value is -2.22. The summed E-state index contributed by atoms with van der Waals surface area (Å²) in [5.74, 6) is -0.198. The number of nitrogens with zero attached hydrogens (tertiary/aromatic N) is 4. The van der Waals surface area contributed by atoms with Gasteiger partial charge in [0.05, 0.1) is 17.1 Å². The van der Waals surface area contributed by atoms with Crippen molar-refractivity contribution in [1.29, 1.82) is 0 Å². The molecule has 3 rings (SSSR count). The Kier molecular flexibility index (Phi) is 5.70. The van der Waals surface area contributed by atoms with Gasteiger partial charge in [-0.1, -0.05) is 0 Å². The van der Waals surface area contributed by atoms with Gasteiger partial charge in [0.2, 0.25) is 0 Å². The van der Waals surface area contributed by atoms with Crippen molar-refractivity contribution in [3.05, 3.63) is 52.1 Å². The highest BCUT2D eigenvalue weighted by atomic mass is 127. The van der Waals surface area contributed by atoms with Gasteiger partial charge in [0.25, 0.3) is 5.91 Å². The van der Waals surface area contributed by atoms with E-state index in [2.05, 4.69) is 51.4 Å². The van der Waals surface area contributed by atoms with Gasteiger partial charge in [-0.25, -0.2) is 4.99 Å². The van der Waals surface area contributed by atoms with Crippen LogP contribution in [0.15, 0.2) is 58.6 Å². The fraction of sp³-hybridized carbons (Fsp3) is 0.250. The summed E-state index contributed by atoms with van der Waals surface area (Å²) in [5.41, 5.74) is 3.67. The minimum Gasteiger partial charge on any atom is -0.372 e. The maximum atomic E-state index is 12.7. The number of carbonyl (C=O) groups is 1. The van der Waals surface area contributed by atoms with Crippen LogP contribution in [-0.4, -0.2) is 30.4 Å². The monoisotopic (exact) mass is 460 g/mol. The van der Waals surface area contributed by atoms with E-state index in [-0.39, 0.29) is 5.91 Å². The third-order valence-electron chi connectivity index (χ3n) is 4.28. The van der Waals surface area contributed by atoms with E-state index >= 15 is 0 Å². The van der Waals surface area contributed by atoms with Gasteiger partial charge >= 0.3 is 0 Å². The molecule has 0 fully saturated rings. The summed E-state index contributed by atoms with van der Waals surface area (Å²) in [4.78, 5) is 19.6. The summed E-state index contributed by atoms with van der Waals surface area (Å²) >= 11 is 2.23. The molecule has 1 aliphatic heterocycles. The minimum atomic E-state index is -0.198. The standard InChI is InChI=1S/C20H21IN4O/c1-4-24(5-2)17-12-8-16(9-13-17)22-19-14(3)23-25(20(19)26)18-10-6-15(21)7-11-18/h6-13H,4-5H2,1-3H3. The highest BCUT2D eigenvalue weighted by Crippen LogP contribution is 2.24. The zero-order valence-corrected chi connectivity index (χ0v) is 17.3. The van der Waals surface area contributed by atoms with E-state index in [1.54, 1.807) is 0 Å². The van der Waals surface area contributed by atoms with E-state index in [4.69, 9.17) is 0 Å². The number of anilines is 2. The molecule has 0 spiro atoms. The van der Waals surface area contributed by atoms with Crippen molar-refractivity contribution in [2.24, 2.45) is 10.1 Å². The van der Waals surface area contributed by atoms with Crippen LogP contribution in [0.4, 0.5) is 17.1 Å². The van der Waals surface area contributed by atoms with Gasteiger partial charge in [-0.2, -0.15) is 10.1 Å². The predicted octanol–water partition coefficient (Wildman–Crippen LogP) is 4.63. The van der Waals surface area contributed by atoms with Crippen molar-refractivity contribution in [1.82, 2.24) is 0 Å². The lowest BCUT2D eigenvalue weighted by molar-refractivity contribution is -0.112. The van der Waals surface area contributed by atoms with E-state index in [0.29, 0.717) is 11.4 Å². The summed E-state index contributed by atoms with van der Waals surface area (Å²) in [6, 6.07) is 15.6. The van der Waals surface area contributed by atoms with E-state index in [0.717, 1.165) is 33.7 Å². The molecule has 0 unspecified atom stereocenters. The Morgan fingerprint density at radius 1 is 1.04 bits per heavy atom. The first-order chi connectivity index (χ1) is 12.5. The molecule has 1 aliphatic rings. The van der Waals surface area contributed by atoms with Crippen molar-refractivity contribution >= 4 is 57.0 Å². The van der Waals surface area contributed by atoms with Gasteiger partial charge in [-0.15, -0.1) is 0 Å². The fourth-order valence-electron chi connectivity index (χ4n) is 2.84. The van der Waals surface area contributed by atoms with E-state index in [1.165, 1.54) is 5.01 Å². The highest BCUT2D eigenvalue weighted by molar-refractivity contribution is 14.1. The van der Waals surface area contributed by atoms with Gasteiger partial charge in [-0.3, -0.25) is 4.79 Å². The number of hydrazone groups is 1. The van der Waals surface area contributed by atoms with E-state index in [1.807, 2.05) is 55.5 Å². The lowest BCUT2D eigenvalue weighted by atomic mass is 10.2. The van der Waals surface area contributed by atoms with Crippen molar-refractivity contribution in [2.45, 2.75) is 20.8 Å². The maximum absolute atomic E-state index is 12.7. The molecule has 0 aromatic heterocycles. The average Bonchev–Trinajstić information content (AvgIpc) is 2.93. The summed E-state index contributed by atoms with van der Waals surface area (Å²) in [5, 5.41) is 5.79. The highest BCUT2D eigenvalue weighted by Gasteiger charge is 2.30. The van der Waals surface area contributed by atoms with Gasteiger partial charge in [0.15, 0.2) is 5.71 Å². The van der Waals surface area contributed by atoms with Crippen LogP contribution < -0.4 is 9.91 Å². The largest absolute Gasteiger partial charge is 0.372 e. The molecule has 0 saturated heterocycles. The van der Waals surface area contributed by atoms with Crippen molar-refractivity contribution in [3.63, 3.8) is 0 Å². The Morgan fingerprint density at radius 3 is 2.23 bits per heavy atom.